The highest BCUT2D eigenvalue weighted by Gasteiger charge is 2.34. The maximum atomic E-state index is 12.8. The smallest absolute Gasteiger partial charge is 0.229 e. The number of isocyanates is 1. The zero-order valence-corrected chi connectivity index (χ0v) is 10.4. The molecule has 18 heavy (non-hydrogen) atoms. The van der Waals surface area contributed by atoms with E-state index in [9.17, 15) is 17.6 Å². The highest BCUT2D eigenvalue weighted by Crippen LogP contribution is 2.34. The third-order valence-corrected chi connectivity index (χ3v) is 4.91. The molecule has 0 amide bonds. The summed E-state index contributed by atoms with van der Waals surface area (Å²) in [5, 5.41) is 0. The molecule has 1 aliphatic rings. The fourth-order valence-electron chi connectivity index (χ4n) is 2.24. The molecule has 0 N–H and O–H groups in total. The third-order valence-electron chi connectivity index (χ3n) is 3.12. The Morgan fingerprint density at radius 1 is 1.33 bits per heavy atom. The molecule has 1 aromatic carbocycles. The second kappa shape index (κ2) is 5.00. The highest BCUT2D eigenvalue weighted by molar-refractivity contribution is 7.91. The van der Waals surface area contributed by atoms with Gasteiger partial charge in [0.25, 0.3) is 0 Å². The van der Waals surface area contributed by atoms with Crippen LogP contribution in [0.5, 0.6) is 0 Å². The van der Waals surface area contributed by atoms with Crippen LogP contribution in [0.2, 0.25) is 0 Å². The van der Waals surface area contributed by atoms with Gasteiger partial charge in [-0.2, -0.15) is 4.99 Å². The molecule has 0 radical (unpaired) electrons. The summed E-state index contributed by atoms with van der Waals surface area (Å²) in [6.45, 7) is 0. The number of hydrogen-bond donors (Lipinski definition) is 0. The summed E-state index contributed by atoms with van der Waals surface area (Å²) in [6, 6.07) is 5.02. The molecule has 0 aromatic heterocycles. The van der Waals surface area contributed by atoms with Crippen molar-refractivity contribution in [2.24, 2.45) is 10.9 Å². The molecular weight excluding hydrogens is 257 g/mol. The van der Waals surface area contributed by atoms with Crippen molar-refractivity contribution in [2.75, 3.05) is 11.5 Å². The van der Waals surface area contributed by atoms with Crippen molar-refractivity contribution in [3.8, 4) is 0 Å². The second-order valence-electron chi connectivity index (χ2n) is 4.38. The highest BCUT2D eigenvalue weighted by atomic mass is 32.2. The molecule has 0 aliphatic carbocycles. The average molecular weight is 269 g/mol. The Bertz CT molecular complexity index is 576. The fourth-order valence-corrected chi connectivity index (χ4v) is 4.07. The van der Waals surface area contributed by atoms with Crippen molar-refractivity contribution >= 4 is 15.9 Å². The lowest BCUT2D eigenvalue weighted by atomic mass is 9.93. The van der Waals surface area contributed by atoms with Crippen molar-refractivity contribution in [2.45, 2.75) is 12.5 Å². The molecule has 96 valence electrons. The van der Waals surface area contributed by atoms with Crippen LogP contribution in [0, 0.1) is 11.7 Å². The number of hydrogen-bond acceptors (Lipinski definition) is 4. The molecular formula is C12H12FNO3S. The van der Waals surface area contributed by atoms with Gasteiger partial charge < -0.3 is 0 Å². The van der Waals surface area contributed by atoms with Gasteiger partial charge in [0.2, 0.25) is 6.08 Å². The van der Waals surface area contributed by atoms with E-state index in [2.05, 4.69) is 4.99 Å². The molecule has 4 nitrogen and oxygen atoms in total. The van der Waals surface area contributed by atoms with Crippen LogP contribution in [0.4, 0.5) is 4.39 Å². The summed E-state index contributed by atoms with van der Waals surface area (Å²) in [5.41, 5.74) is 0.641. The van der Waals surface area contributed by atoms with Gasteiger partial charge in [0.1, 0.15) is 5.82 Å². The number of carbonyl (C=O) groups excluding carboxylic acids is 1. The quantitative estimate of drug-likeness (QED) is 0.619. The molecule has 6 heteroatoms. The minimum Gasteiger partial charge on any atom is -0.229 e. The van der Waals surface area contributed by atoms with E-state index in [1.807, 2.05) is 0 Å². The van der Waals surface area contributed by atoms with E-state index >= 15 is 0 Å². The van der Waals surface area contributed by atoms with Gasteiger partial charge in [-0.05, 0) is 24.1 Å². The summed E-state index contributed by atoms with van der Waals surface area (Å²) in [5.74, 6) is -0.488. The average Bonchev–Trinajstić information content (AvgIpc) is 2.68. The van der Waals surface area contributed by atoms with Gasteiger partial charge in [-0.1, -0.05) is 12.1 Å². The molecule has 1 heterocycles. The Morgan fingerprint density at radius 3 is 2.50 bits per heavy atom. The summed E-state index contributed by atoms with van der Waals surface area (Å²) in [7, 11) is -3.04. The zero-order chi connectivity index (χ0) is 13.2. The lowest BCUT2D eigenvalue weighted by Gasteiger charge is -2.16. The molecule has 2 unspecified atom stereocenters. The first-order valence-corrected chi connectivity index (χ1v) is 7.37. The van der Waals surface area contributed by atoms with Crippen LogP contribution in [-0.2, 0) is 14.6 Å². The molecule has 1 aromatic rings. The maximum Gasteiger partial charge on any atom is 0.235 e. The number of halogens is 1. The molecule has 0 spiro atoms. The first-order chi connectivity index (χ1) is 8.52. The van der Waals surface area contributed by atoms with E-state index in [0.29, 0.717) is 12.0 Å². The Morgan fingerprint density at radius 2 is 2.00 bits per heavy atom. The molecule has 2 rings (SSSR count). The second-order valence-corrected chi connectivity index (χ2v) is 6.61. The van der Waals surface area contributed by atoms with Gasteiger partial charge >= 0.3 is 0 Å². The number of sulfone groups is 1. The van der Waals surface area contributed by atoms with Gasteiger partial charge in [0.05, 0.1) is 17.5 Å². The minimum absolute atomic E-state index is 0.0141. The Kier molecular flexibility index (Phi) is 3.59. The van der Waals surface area contributed by atoms with Gasteiger partial charge in [0, 0.05) is 5.92 Å². The monoisotopic (exact) mass is 269 g/mol. The number of rotatable bonds is 3. The van der Waals surface area contributed by atoms with E-state index in [1.165, 1.54) is 30.3 Å². The SMILES string of the molecule is O=C=NC(c1ccc(F)cc1)C1CCS(=O)(=O)C1. The van der Waals surface area contributed by atoms with E-state index < -0.39 is 15.9 Å². The van der Waals surface area contributed by atoms with E-state index in [4.69, 9.17) is 0 Å². The molecule has 0 bridgehead atoms. The summed E-state index contributed by atoms with van der Waals surface area (Å²) in [4.78, 5) is 14.1. The van der Waals surface area contributed by atoms with Crippen LogP contribution >= 0.6 is 0 Å². The molecule has 2 atom stereocenters. The first-order valence-electron chi connectivity index (χ1n) is 5.55. The molecule has 0 saturated carbocycles. The van der Waals surface area contributed by atoms with Crippen LogP contribution in [0.15, 0.2) is 29.3 Å². The number of aliphatic imine (C=N–C) groups is 1. The van der Waals surface area contributed by atoms with Crippen LogP contribution in [-0.4, -0.2) is 26.0 Å². The minimum atomic E-state index is -3.04. The molecule has 1 fully saturated rings. The molecule has 1 saturated heterocycles. The van der Waals surface area contributed by atoms with E-state index in [0.717, 1.165) is 0 Å². The van der Waals surface area contributed by atoms with E-state index in [-0.39, 0.29) is 23.2 Å². The summed E-state index contributed by atoms with van der Waals surface area (Å²) in [6.07, 6.45) is 1.94. The van der Waals surface area contributed by atoms with Crippen molar-refractivity contribution in [1.29, 1.82) is 0 Å². The van der Waals surface area contributed by atoms with Crippen molar-refractivity contribution in [1.82, 2.24) is 0 Å². The van der Waals surface area contributed by atoms with Crippen LogP contribution in [0.1, 0.15) is 18.0 Å². The van der Waals surface area contributed by atoms with Crippen LogP contribution < -0.4 is 0 Å². The van der Waals surface area contributed by atoms with Crippen LogP contribution in [0.3, 0.4) is 0 Å². The predicted octanol–water partition coefficient (Wildman–Crippen LogP) is 1.64. The van der Waals surface area contributed by atoms with Crippen LogP contribution in [0.25, 0.3) is 0 Å². The normalized spacial score (nSPS) is 23.3. The lowest BCUT2D eigenvalue weighted by molar-refractivity contribution is 0.473. The predicted molar refractivity (Wildman–Crippen MR) is 64.0 cm³/mol. The van der Waals surface area contributed by atoms with Gasteiger partial charge in [-0.3, -0.25) is 0 Å². The van der Waals surface area contributed by atoms with Crippen molar-refractivity contribution in [3.63, 3.8) is 0 Å². The lowest BCUT2D eigenvalue weighted by Crippen LogP contribution is -2.13. The summed E-state index contributed by atoms with van der Waals surface area (Å²) < 4.78 is 35.7. The Labute approximate surface area is 104 Å². The largest absolute Gasteiger partial charge is 0.235 e. The first kappa shape index (κ1) is 12.9. The van der Waals surface area contributed by atoms with Crippen molar-refractivity contribution < 1.29 is 17.6 Å². The van der Waals surface area contributed by atoms with Gasteiger partial charge in [-0.25, -0.2) is 17.6 Å². The van der Waals surface area contributed by atoms with Gasteiger partial charge in [-0.15, -0.1) is 0 Å². The number of benzene rings is 1. The zero-order valence-electron chi connectivity index (χ0n) is 9.54. The topological polar surface area (TPSA) is 63.6 Å². The van der Waals surface area contributed by atoms with E-state index in [1.54, 1.807) is 0 Å². The standard InChI is InChI=1S/C12H12FNO3S/c13-11-3-1-9(2-4-11)12(14-8-15)10-5-6-18(16,17)7-10/h1-4,10,12H,5-7H2. The Balaban J connectivity index is 2.29. The molecule has 1 aliphatic heterocycles. The summed E-state index contributed by atoms with van der Waals surface area (Å²) >= 11 is 0. The van der Waals surface area contributed by atoms with Gasteiger partial charge in [0.15, 0.2) is 9.84 Å². The third kappa shape index (κ3) is 2.83. The Hall–Kier alpha value is -1.52. The fraction of sp³-hybridized carbons (Fsp3) is 0.417. The van der Waals surface area contributed by atoms with Crippen molar-refractivity contribution in [3.05, 3.63) is 35.6 Å². The number of nitrogens with zero attached hydrogens (tertiary/aromatic N) is 1. The maximum absolute atomic E-state index is 12.8.